The molecule has 0 amide bonds. The number of nitrogens with zero attached hydrogens (tertiary/aromatic N) is 2. The van der Waals surface area contributed by atoms with Crippen LogP contribution in [0, 0.1) is 0 Å². The first-order chi connectivity index (χ1) is 12.1. The molecule has 0 spiro atoms. The van der Waals surface area contributed by atoms with Gasteiger partial charge in [-0.25, -0.2) is 4.99 Å². The van der Waals surface area contributed by atoms with Gasteiger partial charge in [-0.1, -0.05) is 59.9 Å². The predicted octanol–water partition coefficient (Wildman–Crippen LogP) is 2.46. The van der Waals surface area contributed by atoms with Crippen molar-refractivity contribution in [2.24, 2.45) is 4.99 Å². The molecule has 0 unspecified atom stereocenters. The van der Waals surface area contributed by atoms with Crippen LogP contribution in [-0.4, -0.2) is 10.3 Å². The summed E-state index contributed by atoms with van der Waals surface area (Å²) in [5.74, 6) is 0.822. The van der Waals surface area contributed by atoms with E-state index in [0.717, 1.165) is 21.7 Å². The first kappa shape index (κ1) is 14.7. The molecule has 4 nitrogen and oxygen atoms in total. The molecule has 124 valence electrons. The van der Waals surface area contributed by atoms with Crippen LogP contribution in [0.5, 0.6) is 5.75 Å². The summed E-state index contributed by atoms with van der Waals surface area (Å²) in [6, 6.07) is 17.8. The number of ether oxygens (including phenoxy) is 1. The minimum Gasteiger partial charge on any atom is -0.466 e. The molecule has 1 aromatic heterocycles. The van der Waals surface area contributed by atoms with Gasteiger partial charge in [0.1, 0.15) is 5.75 Å². The maximum Gasteiger partial charge on any atom is 0.270 e. The Hall–Kier alpha value is -2.66. The third-order valence-electron chi connectivity index (χ3n) is 4.76. The lowest BCUT2D eigenvalue weighted by Crippen LogP contribution is -2.49. The van der Waals surface area contributed by atoms with Crippen LogP contribution in [0.4, 0.5) is 0 Å². The van der Waals surface area contributed by atoms with Gasteiger partial charge < -0.3 is 4.74 Å². The Balaban J connectivity index is 1.78. The molecule has 0 radical (unpaired) electrons. The summed E-state index contributed by atoms with van der Waals surface area (Å²) in [5.41, 5.74) is 1.49. The molecule has 5 rings (SSSR count). The summed E-state index contributed by atoms with van der Waals surface area (Å²) >= 11 is 1.43. The van der Waals surface area contributed by atoms with Crippen LogP contribution in [0.15, 0.2) is 64.4 Å². The Bertz CT molecular complexity index is 1150. The molecule has 0 saturated heterocycles. The van der Waals surface area contributed by atoms with Crippen molar-refractivity contribution >= 4 is 17.4 Å². The number of hydrogen-bond donors (Lipinski definition) is 0. The fraction of sp³-hybridized carbons (Fsp3) is 0.200. The quantitative estimate of drug-likeness (QED) is 0.678. The molecule has 3 aromatic rings. The molecule has 0 saturated carbocycles. The van der Waals surface area contributed by atoms with Gasteiger partial charge in [-0.15, -0.1) is 0 Å². The second-order valence-corrected chi connectivity index (χ2v) is 7.63. The topological polar surface area (TPSA) is 43.6 Å². The first-order valence-corrected chi connectivity index (χ1v) is 9.11. The van der Waals surface area contributed by atoms with E-state index in [1.54, 1.807) is 0 Å². The highest BCUT2D eigenvalue weighted by Crippen LogP contribution is 2.42. The van der Waals surface area contributed by atoms with Crippen molar-refractivity contribution in [3.05, 3.63) is 85.4 Å². The van der Waals surface area contributed by atoms with Crippen molar-refractivity contribution < 1.29 is 4.74 Å². The maximum absolute atomic E-state index is 13.1. The molecule has 2 bridgehead atoms. The van der Waals surface area contributed by atoms with Crippen LogP contribution in [0.2, 0.25) is 0 Å². The fourth-order valence-electron chi connectivity index (χ4n) is 3.64. The molecule has 0 aliphatic carbocycles. The van der Waals surface area contributed by atoms with Crippen LogP contribution in [0.1, 0.15) is 30.5 Å². The molecule has 2 aliphatic rings. The highest BCUT2D eigenvalue weighted by molar-refractivity contribution is 7.07. The minimum absolute atomic E-state index is 0.0240. The predicted molar refractivity (Wildman–Crippen MR) is 97.6 cm³/mol. The molecule has 2 atom stereocenters. The second-order valence-electron chi connectivity index (χ2n) is 6.63. The largest absolute Gasteiger partial charge is 0.466 e. The lowest BCUT2D eigenvalue weighted by Gasteiger charge is -2.39. The Kier molecular flexibility index (Phi) is 3.03. The average molecular weight is 348 g/mol. The van der Waals surface area contributed by atoms with Crippen molar-refractivity contribution in [3.8, 4) is 5.75 Å². The first-order valence-electron chi connectivity index (χ1n) is 8.29. The number of aromatic nitrogens is 1. The van der Waals surface area contributed by atoms with Crippen LogP contribution in [0.3, 0.4) is 0 Å². The Morgan fingerprint density at radius 3 is 2.80 bits per heavy atom. The van der Waals surface area contributed by atoms with Crippen molar-refractivity contribution in [2.45, 2.75) is 25.1 Å². The number of benzene rings is 2. The van der Waals surface area contributed by atoms with E-state index >= 15 is 0 Å². The third kappa shape index (κ3) is 2.27. The molecule has 25 heavy (non-hydrogen) atoms. The number of thiazole rings is 1. The Labute approximate surface area is 148 Å². The summed E-state index contributed by atoms with van der Waals surface area (Å²) in [6.45, 7) is 1.99. The van der Waals surface area contributed by atoms with Crippen molar-refractivity contribution in [2.75, 3.05) is 0 Å². The van der Waals surface area contributed by atoms with Gasteiger partial charge >= 0.3 is 0 Å². The molecule has 2 aliphatic heterocycles. The zero-order chi connectivity index (χ0) is 17.0. The van der Waals surface area contributed by atoms with E-state index in [1.165, 1.54) is 11.3 Å². The fourth-order valence-corrected chi connectivity index (χ4v) is 4.76. The summed E-state index contributed by atoms with van der Waals surface area (Å²) in [6.07, 6.45) is 2.62. The summed E-state index contributed by atoms with van der Waals surface area (Å²) < 4.78 is 8.67. The lowest BCUT2D eigenvalue weighted by atomic mass is 9.93. The van der Waals surface area contributed by atoms with E-state index in [-0.39, 0.29) is 11.6 Å². The van der Waals surface area contributed by atoms with Gasteiger partial charge in [-0.05, 0) is 24.6 Å². The van der Waals surface area contributed by atoms with Gasteiger partial charge in [0.05, 0.1) is 10.6 Å². The van der Waals surface area contributed by atoms with Crippen LogP contribution in [-0.2, 0) is 0 Å². The van der Waals surface area contributed by atoms with E-state index in [2.05, 4.69) is 0 Å². The molecule has 0 fully saturated rings. The van der Waals surface area contributed by atoms with E-state index in [0.29, 0.717) is 11.0 Å². The monoisotopic (exact) mass is 348 g/mol. The van der Waals surface area contributed by atoms with Crippen molar-refractivity contribution in [1.82, 2.24) is 4.57 Å². The van der Waals surface area contributed by atoms with Gasteiger partial charge in [0.15, 0.2) is 4.80 Å². The van der Waals surface area contributed by atoms with Gasteiger partial charge in [0.2, 0.25) is 5.72 Å². The number of rotatable bonds is 1. The maximum atomic E-state index is 13.1. The molecule has 5 heteroatoms. The zero-order valence-electron chi connectivity index (χ0n) is 13.7. The van der Waals surface area contributed by atoms with E-state index in [9.17, 15) is 4.79 Å². The summed E-state index contributed by atoms with van der Waals surface area (Å²) in [7, 11) is 0. The minimum atomic E-state index is -0.611. The SMILES string of the molecule is C[C@@]12C[C@@H](c3ccccc3O1)n1c(s/c(=C\c3ccccc3)c1=O)=N2. The summed E-state index contributed by atoms with van der Waals surface area (Å²) in [4.78, 5) is 18.6. The average Bonchev–Trinajstić information content (AvgIpc) is 2.90. The standard InChI is InChI=1S/C20H16N2O2S/c1-20-12-15(14-9-5-6-10-16(14)24-20)22-18(23)17(25-19(22)21-20)11-13-7-3-2-4-8-13/h2-11,15H,12H2,1H3/b17-11-/t15-,20-/m0/s1. The van der Waals surface area contributed by atoms with Gasteiger partial charge in [-0.2, -0.15) is 0 Å². The number of para-hydroxylation sites is 1. The van der Waals surface area contributed by atoms with Crippen LogP contribution < -0.4 is 19.6 Å². The van der Waals surface area contributed by atoms with Crippen LogP contribution >= 0.6 is 11.3 Å². The molecule has 3 heterocycles. The second kappa shape index (κ2) is 5.17. The van der Waals surface area contributed by atoms with E-state index in [1.807, 2.05) is 72.2 Å². The highest BCUT2D eigenvalue weighted by atomic mass is 32.1. The van der Waals surface area contributed by atoms with Gasteiger partial charge in [0.25, 0.3) is 5.56 Å². The Morgan fingerprint density at radius 1 is 1.20 bits per heavy atom. The van der Waals surface area contributed by atoms with E-state index < -0.39 is 5.72 Å². The van der Waals surface area contributed by atoms with Crippen molar-refractivity contribution in [1.29, 1.82) is 0 Å². The summed E-state index contributed by atoms with van der Waals surface area (Å²) in [5, 5.41) is 0. The lowest BCUT2D eigenvalue weighted by molar-refractivity contribution is 0.0410. The third-order valence-corrected chi connectivity index (χ3v) is 5.74. The van der Waals surface area contributed by atoms with Crippen molar-refractivity contribution in [3.63, 3.8) is 0 Å². The molecular formula is C20H16N2O2S. The zero-order valence-corrected chi connectivity index (χ0v) is 14.5. The van der Waals surface area contributed by atoms with Gasteiger partial charge in [0, 0.05) is 12.0 Å². The van der Waals surface area contributed by atoms with Gasteiger partial charge in [-0.3, -0.25) is 9.36 Å². The molecule has 2 aromatic carbocycles. The number of fused-ring (bicyclic) bond motifs is 6. The highest BCUT2D eigenvalue weighted by Gasteiger charge is 2.42. The Morgan fingerprint density at radius 2 is 1.96 bits per heavy atom. The number of hydrogen-bond acceptors (Lipinski definition) is 4. The normalized spacial score (nSPS) is 24.0. The smallest absolute Gasteiger partial charge is 0.270 e. The van der Waals surface area contributed by atoms with Crippen LogP contribution in [0.25, 0.3) is 6.08 Å². The molecule has 0 N–H and O–H groups in total. The van der Waals surface area contributed by atoms with E-state index in [4.69, 9.17) is 9.73 Å². The molecular weight excluding hydrogens is 332 g/mol.